The van der Waals surface area contributed by atoms with Crippen LogP contribution in [0.3, 0.4) is 0 Å². The van der Waals surface area contributed by atoms with Crippen molar-refractivity contribution in [3.05, 3.63) is 75.5 Å². The number of nitrogens with zero attached hydrogens (tertiary/aromatic N) is 4. The second kappa shape index (κ2) is 9.44. The number of carbonyl (C=O) groups excluding carboxylic acids is 1. The van der Waals surface area contributed by atoms with Crippen LogP contribution in [0.25, 0.3) is 5.69 Å². The van der Waals surface area contributed by atoms with Crippen LogP contribution in [-0.2, 0) is 21.5 Å². The maximum atomic E-state index is 13.1. The van der Waals surface area contributed by atoms with E-state index in [4.69, 9.17) is 0 Å². The van der Waals surface area contributed by atoms with Gasteiger partial charge in [0.05, 0.1) is 21.2 Å². The minimum atomic E-state index is -3.58. The van der Waals surface area contributed by atoms with Gasteiger partial charge < -0.3 is 5.32 Å². The molecule has 0 bridgehead atoms. The Morgan fingerprint density at radius 3 is 2.34 bits per heavy atom. The van der Waals surface area contributed by atoms with E-state index in [-0.39, 0.29) is 10.6 Å². The Morgan fingerprint density at radius 1 is 1.00 bits per heavy atom. The van der Waals surface area contributed by atoms with Gasteiger partial charge >= 0.3 is 0 Å². The van der Waals surface area contributed by atoms with E-state index < -0.39 is 20.9 Å². The molecule has 182 valence electrons. The van der Waals surface area contributed by atoms with E-state index in [0.29, 0.717) is 41.7 Å². The Morgan fingerprint density at radius 2 is 1.69 bits per heavy atom. The van der Waals surface area contributed by atoms with Gasteiger partial charge in [0, 0.05) is 47.9 Å². The Labute approximate surface area is 206 Å². The molecule has 0 atom stereocenters. The van der Waals surface area contributed by atoms with Crippen LogP contribution in [0.15, 0.2) is 53.4 Å². The summed E-state index contributed by atoms with van der Waals surface area (Å²) < 4.78 is 28.9. The third-order valence-corrected chi connectivity index (χ3v) is 9.04. The van der Waals surface area contributed by atoms with Crippen LogP contribution in [-0.4, -0.2) is 46.4 Å². The lowest BCUT2D eigenvalue weighted by molar-refractivity contribution is -0.384. The Bertz CT molecular complexity index is 1380. The molecule has 2 aromatic carbocycles. The van der Waals surface area contributed by atoms with Gasteiger partial charge in [0.2, 0.25) is 10.0 Å². The van der Waals surface area contributed by atoms with Gasteiger partial charge in [-0.15, -0.1) is 0 Å². The van der Waals surface area contributed by atoms with Crippen LogP contribution in [0, 0.1) is 10.1 Å². The second-order valence-electron chi connectivity index (χ2n) is 8.40. The van der Waals surface area contributed by atoms with Gasteiger partial charge in [0.1, 0.15) is 5.82 Å². The summed E-state index contributed by atoms with van der Waals surface area (Å²) in [5.74, 6) is 1.51. The topological polar surface area (TPSA) is 127 Å². The minimum Gasteiger partial charge on any atom is -0.306 e. The maximum absolute atomic E-state index is 13.1. The number of aromatic nitrogens is 2. The molecule has 1 fully saturated rings. The van der Waals surface area contributed by atoms with Crippen LogP contribution in [0.2, 0.25) is 0 Å². The van der Waals surface area contributed by atoms with Gasteiger partial charge in [-0.2, -0.15) is 21.2 Å². The molecular weight excluding hydrogens is 490 g/mol. The van der Waals surface area contributed by atoms with E-state index in [1.54, 1.807) is 28.6 Å². The summed E-state index contributed by atoms with van der Waals surface area (Å²) >= 11 is 1.69. The van der Waals surface area contributed by atoms with Crippen LogP contribution >= 0.6 is 11.8 Å². The summed E-state index contributed by atoms with van der Waals surface area (Å²) in [5.41, 5.74) is 2.64. The minimum absolute atomic E-state index is 0.0332. The Kier molecular flexibility index (Phi) is 6.34. The van der Waals surface area contributed by atoms with Crippen molar-refractivity contribution in [3.63, 3.8) is 0 Å². The van der Waals surface area contributed by atoms with E-state index in [0.717, 1.165) is 30.5 Å². The number of amides is 1. The molecule has 0 aliphatic carbocycles. The van der Waals surface area contributed by atoms with Gasteiger partial charge in [-0.1, -0.05) is 6.42 Å². The number of nitro benzene ring substituents is 1. The number of carbonyl (C=O) groups is 1. The lowest BCUT2D eigenvalue weighted by atomic mass is 10.2. The van der Waals surface area contributed by atoms with E-state index in [2.05, 4.69) is 10.4 Å². The number of thioether (sulfide) groups is 1. The Balaban J connectivity index is 1.39. The zero-order valence-corrected chi connectivity index (χ0v) is 20.3. The van der Waals surface area contributed by atoms with Crippen molar-refractivity contribution in [1.29, 1.82) is 0 Å². The maximum Gasteiger partial charge on any atom is 0.269 e. The second-order valence-corrected chi connectivity index (χ2v) is 11.3. The summed E-state index contributed by atoms with van der Waals surface area (Å²) in [6, 6.07) is 11.9. The van der Waals surface area contributed by atoms with Crippen LogP contribution in [0.1, 0.15) is 40.9 Å². The molecule has 12 heteroatoms. The molecule has 3 aromatic rings. The monoisotopic (exact) mass is 513 g/mol. The van der Waals surface area contributed by atoms with Crippen molar-refractivity contribution in [1.82, 2.24) is 14.1 Å². The van der Waals surface area contributed by atoms with E-state index >= 15 is 0 Å². The van der Waals surface area contributed by atoms with Crippen LogP contribution < -0.4 is 5.32 Å². The zero-order chi connectivity index (χ0) is 24.6. The fourth-order valence-corrected chi connectivity index (χ4v) is 6.81. The molecule has 0 radical (unpaired) electrons. The number of nitro groups is 1. The smallest absolute Gasteiger partial charge is 0.269 e. The van der Waals surface area contributed by atoms with Crippen molar-refractivity contribution in [3.8, 4) is 5.69 Å². The van der Waals surface area contributed by atoms with Crippen LogP contribution in [0.4, 0.5) is 11.5 Å². The van der Waals surface area contributed by atoms with Crippen molar-refractivity contribution in [2.45, 2.75) is 35.7 Å². The highest BCUT2D eigenvalue weighted by Crippen LogP contribution is 2.36. The highest BCUT2D eigenvalue weighted by molar-refractivity contribution is 7.98. The number of fused-ring (bicyclic) bond motifs is 1. The van der Waals surface area contributed by atoms with Gasteiger partial charge in [0.25, 0.3) is 11.6 Å². The molecule has 1 aromatic heterocycles. The predicted molar refractivity (Wildman–Crippen MR) is 132 cm³/mol. The molecule has 10 nitrogen and oxygen atoms in total. The fraction of sp³-hybridized carbons (Fsp3) is 0.304. The molecule has 5 rings (SSSR count). The average molecular weight is 514 g/mol. The lowest BCUT2D eigenvalue weighted by Crippen LogP contribution is -2.35. The number of benzene rings is 2. The first kappa shape index (κ1) is 23.5. The van der Waals surface area contributed by atoms with Crippen molar-refractivity contribution in [2.75, 3.05) is 18.4 Å². The molecule has 2 aliphatic rings. The number of anilines is 1. The standard InChI is InChI=1S/C23H23N5O5S2/c29-23(16-4-10-19(11-5-16)35(32,33)26-12-2-1-3-13-26)24-22-20-14-34-15-21(20)25-27(22)17-6-8-18(9-7-17)28(30)31/h4-11H,1-3,12-15H2,(H,24,29). The fourth-order valence-electron chi connectivity index (χ4n) is 4.26. The van der Waals surface area contributed by atoms with Gasteiger partial charge in [-0.05, 0) is 49.2 Å². The van der Waals surface area contributed by atoms with Crippen molar-refractivity contribution < 1.29 is 18.1 Å². The lowest BCUT2D eigenvalue weighted by Gasteiger charge is -2.25. The molecule has 1 amide bonds. The first-order valence-electron chi connectivity index (χ1n) is 11.2. The van der Waals surface area contributed by atoms with E-state index in [9.17, 15) is 23.3 Å². The van der Waals surface area contributed by atoms with Gasteiger partial charge in [0.15, 0.2) is 0 Å². The quantitative estimate of drug-likeness (QED) is 0.390. The number of sulfonamides is 1. The third kappa shape index (κ3) is 4.56. The molecular formula is C23H23N5O5S2. The Hall–Kier alpha value is -3.22. The molecule has 3 heterocycles. The van der Waals surface area contributed by atoms with Gasteiger partial charge in [-0.3, -0.25) is 14.9 Å². The molecule has 0 unspecified atom stereocenters. The zero-order valence-electron chi connectivity index (χ0n) is 18.7. The third-order valence-electron chi connectivity index (χ3n) is 6.16. The predicted octanol–water partition coefficient (Wildman–Crippen LogP) is 3.95. The summed E-state index contributed by atoms with van der Waals surface area (Å²) in [6.07, 6.45) is 2.74. The van der Waals surface area contributed by atoms with E-state index in [1.165, 1.54) is 40.7 Å². The average Bonchev–Trinajstić information content (AvgIpc) is 3.47. The first-order valence-corrected chi connectivity index (χ1v) is 13.8. The number of piperidine rings is 1. The summed E-state index contributed by atoms with van der Waals surface area (Å²) in [6.45, 7) is 1.03. The molecule has 2 aliphatic heterocycles. The van der Waals surface area contributed by atoms with Gasteiger partial charge in [-0.25, -0.2) is 13.1 Å². The van der Waals surface area contributed by atoms with E-state index in [1.807, 2.05) is 0 Å². The molecule has 0 saturated carbocycles. The molecule has 35 heavy (non-hydrogen) atoms. The first-order chi connectivity index (χ1) is 16.8. The highest BCUT2D eigenvalue weighted by Gasteiger charge is 2.27. The summed E-state index contributed by atoms with van der Waals surface area (Å²) in [7, 11) is -3.58. The molecule has 1 N–H and O–H groups in total. The van der Waals surface area contributed by atoms with Crippen LogP contribution in [0.5, 0.6) is 0 Å². The highest BCUT2D eigenvalue weighted by atomic mass is 32.2. The number of hydrogen-bond acceptors (Lipinski definition) is 7. The number of hydrogen-bond donors (Lipinski definition) is 1. The number of nitrogens with one attached hydrogen (secondary N) is 1. The normalized spacial score (nSPS) is 16.1. The number of non-ortho nitro benzene ring substituents is 1. The SMILES string of the molecule is O=C(Nc1c2c(nn1-c1ccc([N+](=O)[O-])cc1)CSC2)c1ccc(S(=O)(=O)N2CCCCC2)cc1. The summed E-state index contributed by atoms with van der Waals surface area (Å²) in [4.78, 5) is 23.8. The largest absolute Gasteiger partial charge is 0.306 e. The molecule has 1 saturated heterocycles. The summed E-state index contributed by atoms with van der Waals surface area (Å²) in [5, 5.41) is 18.5. The number of rotatable bonds is 6. The van der Waals surface area contributed by atoms with Crippen molar-refractivity contribution >= 4 is 39.2 Å². The molecule has 0 spiro atoms. The van der Waals surface area contributed by atoms with Crippen molar-refractivity contribution in [2.24, 2.45) is 0 Å².